The van der Waals surface area contributed by atoms with Crippen LogP contribution >= 0.6 is 11.6 Å². The van der Waals surface area contributed by atoms with Crippen LogP contribution in [0.2, 0.25) is 5.02 Å². The van der Waals surface area contributed by atoms with E-state index in [1.165, 1.54) is 14.7 Å². The van der Waals surface area contributed by atoms with Crippen LogP contribution in [0.5, 0.6) is 0 Å². The molecule has 0 aromatic heterocycles. The second-order valence-corrected chi connectivity index (χ2v) is 9.79. The average Bonchev–Trinajstić information content (AvgIpc) is 2.93. The minimum atomic E-state index is -0.859. The Kier molecular flexibility index (Phi) is 8.83. The molecule has 4 rings (SSSR count). The summed E-state index contributed by atoms with van der Waals surface area (Å²) in [7, 11) is 1.63. The Bertz CT molecular complexity index is 1350. The molecule has 1 atom stereocenters. The van der Waals surface area contributed by atoms with E-state index >= 15 is 0 Å². The summed E-state index contributed by atoms with van der Waals surface area (Å²) >= 11 is 5.98. The van der Waals surface area contributed by atoms with Gasteiger partial charge in [0.05, 0.1) is 6.54 Å². The number of halogens is 1. The summed E-state index contributed by atoms with van der Waals surface area (Å²) < 4.78 is 0. The average molecular weight is 548 g/mol. The maximum absolute atomic E-state index is 13.4. The van der Waals surface area contributed by atoms with Gasteiger partial charge >= 0.3 is 0 Å². The summed E-state index contributed by atoms with van der Waals surface area (Å²) in [5.74, 6) is -1.41. The lowest BCUT2D eigenvalue weighted by Gasteiger charge is -2.34. The van der Waals surface area contributed by atoms with Gasteiger partial charge in [-0.05, 0) is 48.0 Å². The van der Waals surface area contributed by atoms with Crippen LogP contribution in [0.25, 0.3) is 0 Å². The van der Waals surface area contributed by atoms with Crippen LogP contribution in [-0.4, -0.2) is 72.7 Å². The molecule has 3 N–H and O–H groups in total. The van der Waals surface area contributed by atoms with Crippen LogP contribution in [0.4, 0.5) is 11.4 Å². The standard InChI is InChI=1S/C29H30ClN5O4/c1-33(24-12-10-22(30)11-13-24)29(39)25(16-20-6-3-2-4-7-20)32-26(36)18-34-14-15-35(19-27(34)37)28(38)21-8-5-9-23(31)17-21/h2-13,17,25H,14-16,18-19,31H2,1H3,(H,32,36)/t25-/m0/s1. The second-order valence-electron chi connectivity index (χ2n) is 9.35. The van der Waals surface area contributed by atoms with Crippen molar-refractivity contribution in [2.75, 3.05) is 43.9 Å². The van der Waals surface area contributed by atoms with Crippen molar-refractivity contribution in [2.24, 2.45) is 0 Å². The fraction of sp³-hybridized carbons (Fsp3) is 0.241. The number of nitrogens with one attached hydrogen (secondary N) is 1. The van der Waals surface area contributed by atoms with E-state index in [9.17, 15) is 19.2 Å². The van der Waals surface area contributed by atoms with E-state index < -0.39 is 11.9 Å². The summed E-state index contributed by atoms with van der Waals surface area (Å²) in [5.41, 5.74) is 8.15. The predicted octanol–water partition coefficient (Wildman–Crippen LogP) is 2.60. The third-order valence-corrected chi connectivity index (χ3v) is 6.79. The molecule has 0 aliphatic carbocycles. The lowest BCUT2D eigenvalue weighted by atomic mass is 10.0. The molecule has 4 amide bonds. The fourth-order valence-electron chi connectivity index (χ4n) is 4.39. The highest BCUT2D eigenvalue weighted by Crippen LogP contribution is 2.19. The van der Waals surface area contributed by atoms with Gasteiger partial charge in [-0.3, -0.25) is 19.2 Å². The van der Waals surface area contributed by atoms with E-state index in [0.717, 1.165) is 5.56 Å². The maximum Gasteiger partial charge on any atom is 0.254 e. The van der Waals surface area contributed by atoms with Crippen molar-refractivity contribution in [3.8, 4) is 0 Å². The third-order valence-electron chi connectivity index (χ3n) is 6.53. The second kappa shape index (κ2) is 12.4. The summed E-state index contributed by atoms with van der Waals surface area (Å²) in [5, 5.41) is 3.37. The summed E-state index contributed by atoms with van der Waals surface area (Å²) in [6.45, 7) is 0.107. The molecule has 3 aromatic rings. The molecule has 39 heavy (non-hydrogen) atoms. The lowest BCUT2D eigenvalue weighted by Crippen LogP contribution is -2.56. The molecular formula is C29H30ClN5O4. The van der Waals surface area contributed by atoms with Gasteiger partial charge in [-0.1, -0.05) is 48.0 Å². The van der Waals surface area contributed by atoms with E-state index in [-0.39, 0.29) is 50.3 Å². The Hall–Kier alpha value is -4.37. The van der Waals surface area contributed by atoms with Gasteiger partial charge in [0.1, 0.15) is 12.6 Å². The molecule has 0 radical (unpaired) electrons. The molecule has 0 spiro atoms. The molecule has 0 unspecified atom stereocenters. The van der Waals surface area contributed by atoms with Gasteiger partial charge in [-0.25, -0.2) is 0 Å². The number of hydrogen-bond acceptors (Lipinski definition) is 5. The molecule has 202 valence electrons. The van der Waals surface area contributed by atoms with Crippen molar-refractivity contribution in [3.05, 3.63) is 95.0 Å². The number of nitrogen functional groups attached to an aromatic ring is 1. The highest BCUT2D eigenvalue weighted by Gasteiger charge is 2.31. The Morgan fingerprint density at radius 2 is 1.72 bits per heavy atom. The first-order chi connectivity index (χ1) is 18.7. The maximum atomic E-state index is 13.4. The number of likely N-dealkylation sites (N-methyl/N-ethyl adjacent to an activating group) is 1. The molecule has 0 bridgehead atoms. The number of piperazine rings is 1. The van der Waals surface area contributed by atoms with E-state index in [0.29, 0.717) is 22.0 Å². The van der Waals surface area contributed by atoms with Crippen molar-refractivity contribution in [2.45, 2.75) is 12.5 Å². The largest absolute Gasteiger partial charge is 0.399 e. The number of nitrogens with two attached hydrogens (primary N) is 1. The fourth-order valence-corrected chi connectivity index (χ4v) is 4.52. The molecule has 1 heterocycles. The van der Waals surface area contributed by atoms with Gasteiger partial charge in [0.2, 0.25) is 17.7 Å². The van der Waals surface area contributed by atoms with E-state index in [1.807, 2.05) is 30.3 Å². The smallest absolute Gasteiger partial charge is 0.254 e. The minimum Gasteiger partial charge on any atom is -0.399 e. The summed E-state index contributed by atoms with van der Waals surface area (Å²) in [6, 6.07) is 21.9. The van der Waals surface area contributed by atoms with Crippen LogP contribution in [0.15, 0.2) is 78.9 Å². The minimum absolute atomic E-state index is 0.146. The summed E-state index contributed by atoms with van der Waals surface area (Å²) in [4.78, 5) is 56.4. The Balaban J connectivity index is 1.40. The van der Waals surface area contributed by atoms with Crippen LogP contribution in [0.3, 0.4) is 0 Å². The summed E-state index contributed by atoms with van der Waals surface area (Å²) in [6.07, 6.45) is 0.278. The molecular weight excluding hydrogens is 518 g/mol. The van der Waals surface area contributed by atoms with Crippen LogP contribution in [-0.2, 0) is 20.8 Å². The third kappa shape index (κ3) is 7.14. The number of carbonyl (C=O) groups excluding carboxylic acids is 4. The first-order valence-corrected chi connectivity index (χ1v) is 12.9. The molecule has 9 nitrogen and oxygen atoms in total. The number of hydrogen-bond donors (Lipinski definition) is 2. The number of nitrogens with zero attached hydrogens (tertiary/aromatic N) is 3. The Morgan fingerprint density at radius 1 is 1.00 bits per heavy atom. The van der Waals surface area contributed by atoms with Crippen LogP contribution in [0.1, 0.15) is 15.9 Å². The number of amides is 4. The zero-order chi connectivity index (χ0) is 27.9. The highest BCUT2D eigenvalue weighted by atomic mass is 35.5. The predicted molar refractivity (Wildman–Crippen MR) is 150 cm³/mol. The quantitative estimate of drug-likeness (QED) is 0.421. The van der Waals surface area contributed by atoms with Crippen LogP contribution < -0.4 is 16.0 Å². The highest BCUT2D eigenvalue weighted by molar-refractivity contribution is 6.30. The molecule has 10 heteroatoms. The van der Waals surface area contributed by atoms with Crippen molar-refractivity contribution < 1.29 is 19.2 Å². The Labute approximate surface area is 232 Å². The molecule has 1 saturated heterocycles. The molecule has 1 aliphatic rings. The van der Waals surface area contributed by atoms with Gasteiger partial charge in [0.25, 0.3) is 5.91 Å². The van der Waals surface area contributed by atoms with Crippen molar-refractivity contribution in [1.82, 2.24) is 15.1 Å². The molecule has 0 saturated carbocycles. The van der Waals surface area contributed by atoms with Crippen molar-refractivity contribution in [1.29, 1.82) is 0 Å². The first-order valence-electron chi connectivity index (χ1n) is 12.5. The topological polar surface area (TPSA) is 116 Å². The number of benzene rings is 3. The van der Waals surface area contributed by atoms with Crippen molar-refractivity contribution in [3.63, 3.8) is 0 Å². The van der Waals surface area contributed by atoms with E-state index in [4.69, 9.17) is 17.3 Å². The van der Waals surface area contributed by atoms with Gasteiger partial charge in [-0.15, -0.1) is 0 Å². The van der Waals surface area contributed by atoms with Gasteiger partial charge in [-0.2, -0.15) is 0 Å². The van der Waals surface area contributed by atoms with E-state index in [1.54, 1.807) is 55.6 Å². The zero-order valence-electron chi connectivity index (χ0n) is 21.5. The first kappa shape index (κ1) is 27.7. The SMILES string of the molecule is CN(C(=O)[C@H](Cc1ccccc1)NC(=O)CN1CCN(C(=O)c2cccc(N)c2)CC1=O)c1ccc(Cl)cc1. The normalized spacial score (nSPS) is 14.1. The van der Waals surface area contributed by atoms with Gasteiger partial charge in [0.15, 0.2) is 0 Å². The zero-order valence-corrected chi connectivity index (χ0v) is 22.3. The van der Waals surface area contributed by atoms with Crippen molar-refractivity contribution >= 4 is 46.6 Å². The Morgan fingerprint density at radius 3 is 2.38 bits per heavy atom. The number of anilines is 2. The monoisotopic (exact) mass is 547 g/mol. The molecule has 3 aromatic carbocycles. The van der Waals surface area contributed by atoms with Crippen LogP contribution in [0, 0.1) is 0 Å². The molecule has 1 aliphatic heterocycles. The number of rotatable bonds is 8. The number of carbonyl (C=O) groups is 4. The lowest BCUT2D eigenvalue weighted by molar-refractivity contribution is -0.139. The molecule has 1 fully saturated rings. The van der Waals surface area contributed by atoms with E-state index in [2.05, 4.69) is 5.32 Å². The van der Waals surface area contributed by atoms with Gasteiger partial charge < -0.3 is 25.8 Å². The van der Waals surface area contributed by atoms with Gasteiger partial charge in [0, 0.05) is 48.5 Å².